The molecule has 0 spiro atoms. The lowest BCUT2D eigenvalue weighted by molar-refractivity contribution is 0.0975. The summed E-state index contributed by atoms with van der Waals surface area (Å²) in [5.74, 6) is 0.649. The molecule has 0 saturated heterocycles. The zero-order valence-electron chi connectivity index (χ0n) is 15.2. The second-order valence-corrected chi connectivity index (χ2v) is 7.27. The molecule has 138 valence electrons. The number of rotatable bonds is 4. The number of carbonyl (C=O) groups excluding carboxylic acids is 1. The molecular formula is C21H21ClN4O. The van der Waals surface area contributed by atoms with Crippen molar-refractivity contribution in [3.8, 4) is 5.69 Å². The van der Waals surface area contributed by atoms with Gasteiger partial charge in [0.25, 0.3) is 5.91 Å². The van der Waals surface area contributed by atoms with Gasteiger partial charge in [0, 0.05) is 17.3 Å². The molecule has 1 aliphatic rings. The molecule has 5 nitrogen and oxygen atoms in total. The molecule has 0 aliphatic heterocycles. The number of halogens is 1. The molecule has 0 N–H and O–H groups in total. The lowest BCUT2D eigenvalue weighted by Gasteiger charge is -2.28. The second-order valence-electron chi connectivity index (χ2n) is 6.84. The molecular weight excluding hydrogens is 360 g/mol. The normalized spacial score (nSPS) is 14.4. The lowest BCUT2D eigenvalue weighted by atomic mass is 10.1. The molecule has 0 bridgehead atoms. The van der Waals surface area contributed by atoms with Crippen molar-refractivity contribution in [1.82, 2.24) is 14.8 Å². The SMILES string of the molecule is Cc1c(C(=O)N(c2ccccn2)C2CCCC2)cnn1-c1cccc(Cl)c1. The van der Waals surface area contributed by atoms with Gasteiger partial charge in [0.2, 0.25) is 0 Å². The summed E-state index contributed by atoms with van der Waals surface area (Å²) in [7, 11) is 0. The third-order valence-corrected chi connectivity index (χ3v) is 5.33. The van der Waals surface area contributed by atoms with Gasteiger partial charge < -0.3 is 0 Å². The largest absolute Gasteiger partial charge is 0.289 e. The van der Waals surface area contributed by atoms with Crippen LogP contribution in [0.4, 0.5) is 5.82 Å². The van der Waals surface area contributed by atoms with Crippen LogP contribution in [-0.2, 0) is 0 Å². The molecule has 1 amide bonds. The van der Waals surface area contributed by atoms with Crippen LogP contribution in [0.1, 0.15) is 41.7 Å². The van der Waals surface area contributed by atoms with E-state index < -0.39 is 0 Å². The van der Waals surface area contributed by atoms with E-state index in [1.165, 1.54) is 0 Å². The fraction of sp³-hybridized carbons (Fsp3) is 0.286. The third kappa shape index (κ3) is 3.47. The zero-order valence-corrected chi connectivity index (χ0v) is 15.9. The lowest BCUT2D eigenvalue weighted by Crippen LogP contribution is -2.39. The Kier molecular flexibility index (Phi) is 4.94. The number of anilines is 1. The molecule has 0 unspecified atom stereocenters. The van der Waals surface area contributed by atoms with Crippen molar-refractivity contribution in [2.45, 2.75) is 38.6 Å². The van der Waals surface area contributed by atoms with Gasteiger partial charge in [-0.15, -0.1) is 0 Å². The quantitative estimate of drug-likeness (QED) is 0.652. The first-order chi connectivity index (χ1) is 13.1. The number of carbonyl (C=O) groups is 1. The van der Waals surface area contributed by atoms with Gasteiger partial charge in [-0.1, -0.05) is 36.6 Å². The first kappa shape index (κ1) is 17.7. The van der Waals surface area contributed by atoms with Crippen LogP contribution in [-0.4, -0.2) is 26.7 Å². The Hall–Kier alpha value is -2.66. The average molecular weight is 381 g/mol. The highest BCUT2D eigenvalue weighted by Crippen LogP contribution is 2.29. The summed E-state index contributed by atoms with van der Waals surface area (Å²) in [5.41, 5.74) is 2.22. The molecule has 2 heterocycles. The highest BCUT2D eigenvalue weighted by molar-refractivity contribution is 6.30. The second kappa shape index (κ2) is 7.53. The van der Waals surface area contributed by atoms with Crippen LogP contribution in [0, 0.1) is 6.92 Å². The minimum atomic E-state index is -0.0496. The minimum absolute atomic E-state index is 0.0496. The van der Waals surface area contributed by atoms with E-state index in [1.807, 2.05) is 54.3 Å². The summed E-state index contributed by atoms with van der Waals surface area (Å²) in [5, 5.41) is 5.08. The number of amides is 1. The number of pyridine rings is 1. The Balaban J connectivity index is 1.72. The highest BCUT2D eigenvalue weighted by Gasteiger charge is 2.31. The van der Waals surface area contributed by atoms with Crippen molar-refractivity contribution in [3.63, 3.8) is 0 Å². The smallest absolute Gasteiger partial charge is 0.263 e. The number of aromatic nitrogens is 3. The fourth-order valence-corrected chi connectivity index (χ4v) is 3.92. The van der Waals surface area contributed by atoms with Crippen LogP contribution in [0.25, 0.3) is 5.69 Å². The van der Waals surface area contributed by atoms with Crippen LogP contribution in [0.3, 0.4) is 0 Å². The molecule has 0 radical (unpaired) electrons. The van der Waals surface area contributed by atoms with Crippen molar-refractivity contribution in [2.24, 2.45) is 0 Å². The summed E-state index contributed by atoms with van der Waals surface area (Å²) in [6.07, 6.45) is 7.66. The summed E-state index contributed by atoms with van der Waals surface area (Å²) >= 11 is 6.11. The molecule has 2 aromatic heterocycles. The Bertz CT molecular complexity index is 948. The van der Waals surface area contributed by atoms with Crippen molar-refractivity contribution in [2.75, 3.05) is 4.90 Å². The molecule has 1 aliphatic carbocycles. The Labute approximate surface area is 163 Å². The third-order valence-electron chi connectivity index (χ3n) is 5.10. The van der Waals surface area contributed by atoms with Crippen molar-refractivity contribution >= 4 is 23.3 Å². The van der Waals surface area contributed by atoms with E-state index in [1.54, 1.807) is 17.1 Å². The van der Waals surface area contributed by atoms with Gasteiger partial charge in [-0.3, -0.25) is 9.69 Å². The van der Waals surface area contributed by atoms with Gasteiger partial charge in [0.05, 0.1) is 23.1 Å². The predicted molar refractivity (Wildman–Crippen MR) is 107 cm³/mol. The zero-order chi connectivity index (χ0) is 18.8. The molecule has 4 rings (SSSR count). The van der Waals surface area contributed by atoms with Gasteiger partial charge in [-0.2, -0.15) is 5.10 Å². The molecule has 1 saturated carbocycles. The number of hydrogen-bond donors (Lipinski definition) is 0. The van der Waals surface area contributed by atoms with Gasteiger partial charge in [-0.05, 0) is 50.1 Å². The Morgan fingerprint density at radius 3 is 2.70 bits per heavy atom. The fourth-order valence-electron chi connectivity index (χ4n) is 3.73. The van der Waals surface area contributed by atoms with Gasteiger partial charge in [0.15, 0.2) is 0 Å². The first-order valence-electron chi connectivity index (χ1n) is 9.20. The van der Waals surface area contributed by atoms with Crippen molar-refractivity contribution < 1.29 is 4.79 Å². The molecule has 3 aromatic rings. The first-order valence-corrected chi connectivity index (χ1v) is 9.58. The monoisotopic (exact) mass is 380 g/mol. The summed E-state index contributed by atoms with van der Waals surface area (Å²) in [6, 6.07) is 13.3. The topological polar surface area (TPSA) is 51.0 Å². The van der Waals surface area contributed by atoms with Crippen LogP contribution < -0.4 is 4.90 Å². The molecule has 1 fully saturated rings. The van der Waals surface area contributed by atoms with E-state index in [0.29, 0.717) is 16.4 Å². The standard InChI is InChI=1S/C21H21ClN4O/c1-15-19(14-24-26(15)18-10-6-7-16(22)13-18)21(27)25(17-8-2-3-9-17)20-11-4-5-12-23-20/h4-7,10-14,17H,2-3,8-9H2,1H3. The maximum Gasteiger partial charge on any atom is 0.263 e. The van der Waals surface area contributed by atoms with E-state index in [-0.39, 0.29) is 11.9 Å². The van der Waals surface area contributed by atoms with Crippen LogP contribution in [0.5, 0.6) is 0 Å². The predicted octanol–water partition coefficient (Wildman–Crippen LogP) is 4.82. The van der Waals surface area contributed by atoms with Crippen molar-refractivity contribution in [1.29, 1.82) is 0 Å². The molecule has 27 heavy (non-hydrogen) atoms. The highest BCUT2D eigenvalue weighted by atomic mass is 35.5. The molecule has 1 aromatic carbocycles. The summed E-state index contributed by atoms with van der Waals surface area (Å²) < 4.78 is 1.75. The van der Waals surface area contributed by atoms with Crippen LogP contribution in [0.15, 0.2) is 54.9 Å². The van der Waals surface area contributed by atoms with E-state index in [0.717, 1.165) is 37.1 Å². The van der Waals surface area contributed by atoms with Gasteiger partial charge >= 0.3 is 0 Å². The van der Waals surface area contributed by atoms with Crippen molar-refractivity contribution in [3.05, 3.63) is 71.1 Å². The maximum absolute atomic E-state index is 13.5. The minimum Gasteiger partial charge on any atom is -0.289 e. The number of nitrogens with zero attached hydrogens (tertiary/aromatic N) is 4. The van der Waals surface area contributed by atoms with Crippen LogP contribution >= 0.6 is 11.6 Å². The Morgan fingerprint density at radius 1 is 1.19 bits per heavy atom. The van der Waals surface area contributed by atoms with Gasteiger partial charge in [-0.25, -0.2) is 9.67 Å². The maximum atomic E-state index is 13.5. The average Bonchev–Trinajstić information content (AvgIpc) is 3.33. The van der Waals surface area contributed by atoms with E-state index >= 15 is 0 Å². The summed E-state index contributed by atoms with van der Waals surface area (Å²) in [4.78, 5) is 19.8. The Morgan fingerprint density at radius 2 is 2.00 bits per heavy atom. The molecule has 6 heteroatoms. The van der Waals surface area contributed by atoms with E-state index in [2.05, 4.69) is 10.1 Å². The molecule has 0 atom stereocenters. The van der Waals surface area contributed by atoms with Crippen LogP contribution in [0.2, 0.25) is 5.02 Å². The van der Waals surface area contributed by atoms with E-state index in [4.69, 9.17) is 11.6 Å². The van der Waals surface area contributed by atoms with Gasteiger partial charge in [0.1, 0.15) is 5.82 Å². The number of hydrogen-bond acceptors (Lipinski definition) is 3. The van der Waals surface area contributed by atoms with E-state index in [9.17, 15) is 4.79 Å². The summed E-state index contributed by atoms with van der Waals surface area (Å²) in [6.45, 7) is 1.91. The number of benzene rings is 1.